The van der Waals surface area contributed by atoms with Crippen LogP contribution in [0.25, 0.3) is 0 Å². The maximum atomic E-state index is 5.91. The van der Waals surface area contributed by atoms with Crippen molar-refractivity contribution < 1.29 is 4.74 Å². The molecule has 0 aliphatic carbocycles. The fourth-order valence-electron chi connectivity index (χ4n) is 4.12. The van der Waals surface area contributed by atoms with Gasteiger partial charge in [-0.25, -0.2) is 9.97 Å². The van der Waals surface area contributed by atoms with E-state index in [4.69, 9.17) is 4.74 Å². The van der Waals surface area contributed by atoms with Crippen LogP contribution in [0.5, 0.6) is 0 Å². The maximum absolute atomic E-state index is 5.91. The van der Waals surface area contributed by atoms with E-state index in [0.717, 1.165) is 50.7 Å². The maximum Gasteiger partial charge on any atom is 0.132 e. The third-order valence-electron chi connectivity index (χ3n) is 5.56. The Labute approximate surface area is 152 Å². The van der Waals surface area contributed by atoms with Crippen LogP contribution in [0.15, 0.2) is 6.07 Å². The van der Waals surface area contributed by atoms with Gasteiger partial charge in [-0.2, -0.15) is 0 Å². The van der Waals surface area contributed by atoms with E-state index in [0.29, 0.717) is 12.1 Å². The minimum Gasteiger partial charge on any atom is -0.377 e. The van der Waals surface area contributed by atoms with E-state index in [2.05, 4.69) is 39.8 Å². The van der Waals surface area contributed by atoms with Crippen molar-refractivity contribution in [3.05, 3.63) is 17.6 Å². The van der Waals surface area contributed by atoms with Gasteiger partial charge in [0.15, 0.2) is 0 Å². The summed E-state index contributed by atoms with van der Waals surface area (Å²) < 4.78 is 5.91. The summed E-state index contributed by atoms with van der Waals surface area (Å²) in [5, 5.41) is 0. The quantitative estimate of drug-likeness (QED) is 0.791. The fraction of sp³-hybridized carbons (Fsp3) is 0.800. The van der Waals surface area contributed by atoms with Crippen LogP contribution in [-0.4, -0.2) is 60.3 Å². The van der Waals surface area contributed by atoms with E-state index in [9.17, 15) is 0 Å². The van der Waals surface area contributed by atoms with Gasteiger partial charge in [-0.3, -0.25) is 0 Å². The summed E-state index contributed by atoms with van der Waals surface area (Å²) in [5.74, 6) is 2.02. The van der Waals surface area contributed by atoms with Crippen LogP contribution >= 0.6 is 0 Å². The van der Waals surface area contributed by atoms with E-state index >= 15 is 0 Å². The van der Waals surface area contributed by atoms with Gasteiger partial charge in [0.2, 0.25) is 0 Å². The van der Waals surface area contributed by atoms with Crippen molar-refractivity contribution in [3.8, 4) is 0 Å². The van der Waals surface area contributed by atoms with Crippen molar-refractivity contribution in [1.29, 1.82) is 0 Å². The molecule has 3 heterocycles. The Balaban J connectivity index is 1.52. The van der Waals surface area contributed by atoms with Crippen LogP contribution in [0.3, 0.4) is 0 Å². The molecular weight excluding hydrogens is 312 g/mol. The minimum absolute atomic E-state index is 0.442. The first kappa shape index (κ1) is 18.6. The molecule has 5 nitrogen and oxygen atoms in total. The lowest BCUT2D eigenvalue weighted by atomic mass is 10.0. The van der Waals surface area contributed by atoms with E-state index in [1.165, 1.54) is 37.8 Å². The first-order valence-electron chi connectivity index (χ1n) is 10.1. The highest BCUT2D eigenvalue weighted by Gasteiger charge is 2.26. The summed E-state index contributed by atoms with van der Waals surface area (Å²) in [6, 6.07) is 2.86. The first-order chi connectivity index (χ1) is 12.2. The average Bonchev–Trinajstić information content (AvgIpc) is 2.62. The van der Waals surface area contributed by atoms with Crippen molar-refractivity contribution in [1.82, 2.24) is 14.9 Å². The van der Waals surface area contributed by atoms with Gasteiger partial charge in [-0.1, -0.05) is 13.3 Å². The van der Waals surface area contributed by atoms with Gasteiger partial charge in [-0.05, 0) is 52.5 Å². The highest BCUT2D eigenvalue weighted by molar-refractivity contribution is 5.40. The number of piperidine rings is 1. The second-order valence-corrected chi connectivity index (χ2v) is 7.66. The van der Waals surface area contributed by atoms with Gasteiger partial charge >= 0.3 is 0 Å². The van der Waals surface area contributed by atoms with E-state index in [1.807, 2.05) is 6.92 Å². The highest BCUT2D eigenvalue weighted by atomic mass is 16.5. The molecule has 1 unspecified atom stereocenters. The normalized spacial score (nSPS) is 22.6. The minimum atomic E-state index is 0.442. The molecule has 1 atom stereocenters. The van der Waals surface area contributed by atoms with Crippen LogP contribution < -0.4 is 4.90 Å². The molecule has 2 aliphatic rings. The predicted molar refractivity (Wildman–Crippen MR) is 102 cm³/mol. The number of rotatable bonds is 6. The number of ether oxygens (including phenoxy) is 1. The summed E-state index contributed by atoms with van der Waals surface area (Å²) in [5.41, 5.74) is 1.18. The van der Waals surface area contributed by atoms with Crippen molar-refractivity contribution >= 4 is 5.82 Å². The molecule has 3 rings (SSSR count). The predicted octanol–water partition coefficient (Wildman–Crippen LogP) is 3.21. The van der Waals surface area contributed by atoms with Gasteiger partial charge in [0.05, 0.1) is 6.10 Å². The Bertz CT molecular complexity index is 536. The third-order valence-corrected chi connectivity index (χ3v) is 5.56. The second kappa shape index (κ2) is 8.95. The van der Waals surface area contributed by atoms with Gasteiger partial charge in [-0.15, -0.1) is 0 Å². The molecule has 1 aromatic rings. The van der Waals surface area contributed by atoms with Gasteiger partial charge in [0, 0.05) is 44.0 Å². The summed E-state index contributed by atoms with van der Waals surface area (Å²) in [6.45, 7) is 8.41. The third kappa shape index (κ3) is 5.14. The Morgan fingerprint density at radius 3 is 2.68 bits per heavy atom. The number of hydrogen-bond acceptors (Lipinski definition) is 5. The zero-order valence-corrected chi connectivity index (χ0v) is 16.2. The Morgan fingerprint density at radius 1 is 1.20 bits per heavy atom. The van der Waals surface area contributed by atoms with Gasteiger partial charge < -0.3 is 14.5 Å². The molecule has 0 N–H and O–H groups in total. The number of likely N-dealkylation sites (N-methyl/N-ethyl adjacent to an activating group) is 1. The summed E-state index contributed by atoms with van der Waals surface area (Å²) in [7, 11) is 2.27. The second-order valence-electron chi connectivity index (χ2n) is 7.66. The van der Waals surface area contributed by atoms with Crippen LogP contribution in [0.2, 0.25) is 0 Å². The van der Waals surface area contributed by atoms with E-state index in [-0.39, 0.29) is 0 Å². The van der Waals surface area contributed by atoms with Crippen molar-refractivity contribution in [2.24, 2.45) is 0 Å². The summed E-state index contributed by atoms with van der Waals surface area (Å²) >= 11 is 0. The number of nitrogens with zero attached hydrogens (tertiary/aromatic N) is 4. The number of anilines is 1. The van der Waals surface area contributed by atoms with E-state index < -0.39 is 0 Å². The topological polar surface area (TPSA) is 41.5 Å². The fourth-order valence-corrected chi connectivity index (χ4v) is 4.12. The lowest BCUT2D eigenvalue weighted by Crippen LogP contribution is -2.46. The average molecular weight is 347 g/mol. The molecule has 0 saturated carbocycles. The van der Waals surface area contributed by atoms with E-state index in [1.54, 1.807) is 0 Å². The van der Waals surface area contributed by atoms with Gasteiger partial charge in [0.1, 0.15) is 11.6 Å². The van der Waals surface area contributed by atoms with Crippen LogP contribution in [-0.2, 0) is 11.2 Å². The van der Waals surface area contributed by atoms with Crippen LogP contribution in [0, 0.1) is 6.92 Å². The molecule has 0 spiro atoms. The zero-order valence-electron chi connectivity index (χ0n) is 16.2. The lowest BCUT2D eigenvalue weighted by Gasteiger charge is -2.39. The monoisotopic (exact) mass is 346 g/mol. The first-order valence-corrected chi connectivity index (χ1v) is 10.1. The number of hydrogen-bond donors (Lipinski definition) is 0. The van der Waals surface area contributed by atoms with Crippen LogP contribution in [0.1, 0.15) is 57.0 Å². The molecule has 1 aromatic heterocycles. The molecule has 0 bridgehead atoms. The molecule has 2 aliphatic heterocycles. The lowest BCUT2D eigenvalue weighted by molar-refractivity contribution is -0.00985. The SMILES string of the molecule is CCCc1cc(N2CCC(N(C)CC3CCCCO3)CC2)nc(C)n1. The highest BCUT2D eigenvalue weighted by Crippen LogP contribution is 2.23. The largest absolute Gasteiger partial charge is 0.377 e. The van der Waals surface area contributed by atoms with Crippen LogP contribution in [0.4, 0.5) is 5.82 Å². The number of aryl methyl sites for hydroxylation is 2. The molecule has 5 heteroatoms. The summed E-state index contributed by atoms with van der Waals surface area (Å²) in [6.07, 6.45) is 8.80. The zero-order chi connectivity index (χ0) is 17.6. The molecule has 0 amide bonds. The molecule has 140 valence electrons. The Morgan fingerprint density at radius 2 is 2.00 bits per heavy atom. The van der Waals surface area contributed by atoms with Crippen molar-refractivity contribution in [2.45, 2.75) is 70.9 Å². The Kier molecular flexibility index (Phi) is 6.65. The molecule has 2 fully saturated rings. The van der Waals surface area contributed by atoms with Gasteiger partial charge in [0.25, 0.3) is 0 Å². The summed E-state index contributed by atoms with van der Waals surface area (Å²) in [4.78, 5) is 14.2. The molecule has 0 aromatic carbocycles. The number of aromatic nitrogens is 2. The molecular formula is C20H34N4O. The Hall–Kier alpha value is -1.20. The molecule has 0 radical (unpaired) electrons. The van der Waals surface area contributed by atoms with Crippen molar-refractivity contribution in [3.63, 3.8) is 0 Å². The standard InChI is InChI=1S/C20H34N4O/c1-4-7-17-14-20(22-16(2)21-17)24-11-9-18(10-12-24)23(3)15-19-8-5-6-13-25-19/h14,18-19H,4-13,15H2,1-3H3. The van der Waals surface area contributed by atoms with Crippen molar-refractivity contribution in [2.75, 3.05) is 38.2 Å². The molecule has 2 saturated heterocycles. The molecule has 25 heavy (non-hydrogen) atoms. The smallest absolute Gasteiger partial charge is 0.132 e.